The van der Waals surface area contributed by atoms with Gasteiger partial charge in [-0.2, -0.15) is 5.26 Å². The molecule has 2 rings (SSSR count). The molecular formula is C19H23BrClN3O3. The molecule has 0 saturated carbocycles. The first-order chi connectivity index (χ1) is 13.0. The maximum absolute atomic E-state index is 12.0. The van der Waals surface area contributed by atoms with E-state index in [0.717, 1.165) is 17.3 Å². The van der Waals surface area contributed by atoms with Crippen molar-refractivity contribution in [1.29, 1.82) is 5.26 Å². The first kappa shape index (κ1) is 21.5. The predicted octanol–water partition coefficient (Wildman–Crippen LogP) is 3.53. The average molecular weight is 457 g/mol. The number of amides is 2. The Balaban J connectivity index is 1.58. The minimum Gasteiger partial charge on any atom is -0.492 e. The van der Waals surface area contributed by atoms with Gasteiger partial charge < -0.3 is 15.0 Å². The van der Waals surface area contributed by atoms with Crippen molar-refractivity contribution < 1.29 is 14.3 Å². The minimum absolute atomic E-state index is 0.00323. The molecule has 1 fully saturated rings. The third-order valence-corrected chi connectivity index (χ3v) is 5.27. The molecule has 6 nitrogen and oxygen atoms in total. The summed E-state index contributed by atoms with van der Waals surface area (Å²) in [5.41, 5.74) is 0. The van der Waals surface area contributed by atoms with Gasteiger partial charge in [-0.05, 0) is 43.4 Å². The van der Waals surface area contributed by atoms with Crippen LogP contribution in [0.4, 0.5) is 0 Å². The van der Waals surface area contributed by atoms with Crippen LogP contribution in [0.15, 0.2) is 22.7 Å². The summed E-state index contributed by atoms with van der Waals surface area (Å²) in [6.07, 6.45) is 2.65. The number of halogens is 2. The number of hydrogen-bond donors (Lipinski definition) is 1. The summed E-state index contributed by atoms with van der Waals surface area (Å²) in [5.74, 6) is 0.880. The Bertz CT molecular complexity index is 700. The number of carbonyl (C=O) groups excluding carboxylic acids is 2. The number of ether oxygens (including phenoxy) is 1. The molecule has 0 aromatic heterocycles. The second kappa shape index (κ2) is 11.2. The van der Waals surface area contributed by atoms with E-state index in [4.69, 9.17) is 21.6 Å². The van der Waals surface area contributed by atoms with Crippen molar-refractivity contribution in [3.8, 4) is 11.8 Å². The van der Waals surface area contributed by atoms with Gasteiger partial charge in [-0.15, -0.1) is 0 Å². The van der Waals surface area contributed by atoms with E-state index in [-0.39, 0.29) is 18.2 Å². The van der Waals surface area contributed by atoms with Crippen LogP contribution in [0.25, 0.3) is 0 Å². The number of benzene rings is 1. The van der Waals surface area contributed by atoms with Crippen molar-refractivity contribution in [3.63, 3.8) is 0 Å². The van der Waals surface area contributed by atoms with Crippen LogP contribution in [0.3, 0.4) is 0 Å². The van der Waals surface area contributed by atoms with Gasteiger partial charge in [0.15, 0.2) is 0 Å². The molecule has 0 radical (unpaired) electrons. The lowest BCUT2D eigenvalue weighted by Gasteiger charge is -2.31. The van der Waals surface area contributed by atoms with Crippen molar-refractivity contribution in [3.05, 3.63) is 27.7 Å². The van der Waals surface area contributed by atoms with Crippen LogP contribution < -0.4 is 10.1 Å². The summed E-state index contributed by atoms with van der Waals surface area (Å²) in [4.78, 5) is 25.4. The highest BCUT2D eigenvalue weighted by Crippen LogP contribution is 2.27. The number of likely N-dealkylation sites (tertiary alicyclic amines) is 1. The molecule has 0 atom stereocenters. The van der Waals surface area contributed by atoms with E-state index in [1.165, 1.54) is 0 Å². The Morgan fingerprint density at radius 3 is 2.78 bits per heavy atom. The van der Waals surface area contributed by atoms with Crippen LogP contribution in [-0.4, -0.2) is 43.0 Å². The van der Waals surface area contributed by atoms with E-state index < -0.39 is 0 Å². The number of hydrogen-bond acceptors (Lipinski definition) is 4. The summed E-state index contributed by atoms with van der Waals surface area (Å²) in [7, 11) is 0. The lowest BCUT2D eigenvalue weighted by Crippen LogP contribution is -2.41. The van der Waals surface area contributed by atoms with Crippen LogP contribution in [-0.2, 0) is 9.59 Å². The van der Waals surface area contributed by atoms with Gasteiger partial charge in [0.1, 0.15) is 12.2 Å². The van der Waals surface area contributed by atoms with E-state index in [2.05, 4.69) is 21.2 Å². The fourth-order valence-electron chi connectivity index (χ4n) is 2.92. The van der Waals surface area contributed by atoms with Crippen LogP contribution in [0.2, 0.25) is 5.02 Å². The Labute approximate surface area is 172 Å². The highest BCUT2D eigenvalue weighted by Gasteiger charge is 2.22. The topological polar surface area (TPSA) is 82.4 Å². The molecule has 1 N–H and O–H groups in total. The fraction of sp³-hybridized carbons (Fsp3) is 0.526. The lowest BCUT2D eigenvalue weighted by atomic mass is 9.96. The molecular weight excluding hydrogens is 434 g/mol. The second-order valence-corrected chi connectivity index (χ2v) is 7.81. The zero-order valence-corrected chi connectivity index (χ0v) is 17.4. The Kier molecular flexibility index (Phi) is 8.89. The SMILES string of the molecule is N#CCC(=O)N1CCC(CNC(=O)CCCOc2ccc(Br)cc2Cl)CC1. The Morgan fingerprint density at radius 1 is 1.37 bits per heavy atom. The van der Waals surface area contributed by atoms with Crippen LogP contribution in [0.5, 0.6) is 5.75 Å². The molecule has 0 unspecified atom stereocenters. The van der Waals surface area contributed by atoms with Crippen LogP contribution in [0, 0.1) is 17.2 Å². The predicted molar refractivity (Wildman–Crippen MR) is 106 cm³/mol. The second-order valence-electron chi connectivity index (χ2n) is 6.49. The highest BCUT2D eigenvalue weighted by atomic mass is 79.9. The zero-order chi connectivity index (χ0) is 19.6. The lowest BCUT2D eigenvalue weighted by molar-refractivity contribution is -0.131. The fourth-order valence-corrected chi connectivity index (χ4v) is 3.65. The Hall–Kier alpha value is -1.78. The van der Waals surface area contributed by atoms with Crippen LogP contribution >= 0.6 is 27.5 Å². The molecule has 1 aromatic rings. The minimum atomic E-state index is -0.106. The number of piperidine rings is 1. The molecule has 27 heavy (non-hydrogen) atoms. The number of nitrogens with zero attached hydrogens (tertiary/aromatic N) is 2. The third kappa shape index (κ3) is 7.39. The molecule has 1 aliphatic rings. The molecule has 1 aromatic carbocycles. The van der Waals surface area contributed by atoms with E-state index in [1.54, 1.807) is 17.0 Å². The van der Waals surface area contributed by atoms with Crippen molar-refractivity contribution in [1.82, 2.24) is 10.2 Å². The molecule has 146 valence electrons. The first-order valence-electron chi connectivity index (χ1n) is 8.99. The molecule has 0 bridgehead atoms. The van der Waals surface area contributed by atoms with E-state index >= 15 is 0 Å². The zero-order valence-electron chi connectivity index (χ0n) is 15.0. The maximum atomic E-state index is 12.0. The van der Waals surface area contributed by atoms with Crippen molar-refractivity contribution in [2.45, 2.75) is 32.1 Å². The van der Waals surface area contributed by atoms with E-state index in [0.29, 0.717) is 55.8 Å². The van der Waals surface area contributed by atoms with E-state index in [9.17, 15) is 9.59 Å². The summed E-state index contributed by atoms with van der Waals surface area (Å²) in [5, 5.41) is 12.1. The number of rotatable bonds is 8. The number of nitrogens with one attached hydrogen (secondary N) is 1. The van der Waals surface area contributed by atoms with Gasteiger partial charge in [-0.25, -0.2) is 0 Å². The molecule has 1 aliphatic heterocycles. The summed E-state index contributed by atoms with van der Waals surface area (Å²) in [6, 6.07) is 7.30. The maximum Gasteiger partial charge on any atom is 0.236 e. The van der Waals surface area contributed by atoms with Crippen molar-refractivity contribution in [2.75, 3.05) is 26.2 Å². The van der Waals surface area contributed by atoms with Crippen molar-refractivity contribution in [2.24, 2.45) is 5.92 Å². The van der Waals surface area contributed by atoms with Gasteiger partial charge >= 0.3 is 0 Å². The largest absolute Gasteiger partial charge is 0.492 e. The molecule has 1 heterocycles. The first-order valence-corrected chi connectivity index (χ1v) is 10.2. The van der Waals surface area contributed by atoms with Gasteiger partial charge in [0.2, 0.25) is 11.8 Å². The summed E-state index contributed by atoms with van der Waals surface area (Å²) in [6.45, 7) is 2.36. The third-order valence-electron chi connectivity index (χ3n) is 4.49. The summed E-state index contributed by atoms with van der Waals surface area (Å²) >= 11 is 9.42. The van der Waals surface area contributed by atoms with E-state index in [1.807, 2.05) is 12.1 Å². The van der Waals surface area contributed by atoms with Gasteiger partial charge in [-0.3, -0.25) is 9.59 Å². The highest BCUT2D eigenvalue weighted by molar-refractivity contribution is 9.10. The number of nitriles is 1. The standard InChI is InChI=1S/C19H23BrClN3O3/c20-15-3-4-17(16(21)12-15)27-11-1-2-18(25)23-13-14-6-9-24(10-7-14)19(26)5-8-22/h3-4,12,14H,1-2,5-7,9-11,13H2,(H,23,25). The normalized spacial score (nSPS) is 14.5. The molecule has 0 spiro atoms. The molecule has 0 aliphatic carbocycles. The monoisotopic (exact) mass is 455 g/mol. The molecule has 1 saturated heterocycles. The van der Waals surface area contributed by atoms with Gasteiger partial charge in [0.25, 0.3) is 0 Å². The quantitative estimate of drug-likeness (QED) is 0.607. The Morgan fingerprint density at radius 2 is 2.11 bits per heavy atom. The van der Waals surface area contributed by atoms with Gasteiger partial charge in [0, 0.05) is 30.5 Å². The number of carbonyl (C=O) groups is 2. The summed E-state index contributed by atoms with van der Waals surface area (Å²) < 4.78 is 6.49. The van der Waals surface area contributed by atoms with Crippen LogP contribution in [0.1, 0.15) is 32.1 Å². The molecule has 8 heteroatoms. The van der Waals surface area contributed by atoms with Gasteiger partial charge in [-0.1, -0.05) is 27.5 Å². The average Bonchev–Trinajstić information content (AvgIpc) is 2.65. The molecule has 2 amide bonds. The van der Waals surface area contributed by atoms with Gasteiger partial charge in [0.05, 0.1) is 17.7 Å². The smallest absolute Gasteiger partial charge is 0.236 e. The van der Waals surface area contributed by atoms with Crippen molar-refractivity contribution >= 4 is 39.3 Å².